The highest BCUT2D eigenvalue weighted by atomic mass is 35.5. The zero-order chi connectivity index (χ0) is 9.23. The number of hydrogen-bond donors (Lipinski definition) is 1. The molecule has 0 saturated carbocycles. The minimum atomic E-state index is -0.0121. The molecule has 0 unspecified atom stereocenters. The van der Waals surface area contributed by atoms with Crippen molar-refractivity contribution < 1.29 is 4.79 Å². The fourth-order valence-corrected chi connectivity index (χ4v) is 0.903. The van der Waals surface area contributed by atoms with E-state index in [9.17, 15) is 4.79 Å². The predicted octanol–water partition coefficient (Wildman–Crippen LogP) is 1.43. The van der Waals surface area contributed by atoms with Gasteiger partial charge in [-0.2, -0.15) is 5.26 Å². The Balaban J connectivity index is 3.09. The molecule has 0 rings (SSSR count). The molecule has 0 aromatic heterocycles. The quantitative estimate of drug-likeness (QED) is 0.507. The molecule has 0 atom stereocenters. The first-order valence-corrected chi connectivity index (χ1v) is 4.54. The van der Waals surface area contributed by atoms with Crippen LogP contribution in [-0.4, -0.2) is 18.3 Å². The molecule has 0 aromatic carbocycles. The number of carbonyl (C=O) groups excluding carboxylic acids is 1. The summed E-state index contributed by atoms with van der Waals surface area (Å²) in [4.78, 5) is 10.8. The Kier molecular flexibility index (Phi) is 7.83. The first-order valence-electron chi connectivity index (χ1n) is 4.01. The predicted molar refractivity (Wildman–Crippen MR) is 47.8 cm³/mol. The van der Waals surface area contributed by atoms with Crippen LogP contribution < -0.4 is 5.32 Å². The Labute approximate surface area is 77.7 Å². The van der Waals surface area contributed by atoms with Crippen molar-refractivity contribution in [3.63, 3.8) is 0 Å². The fourth-order valence-electron chi connectivity index (χ4n) is 0.731. The van der Waals surface area contributed by atoms with Crippen LogP contribution in [0.5, 0.6) is 0 Å². The number of rotatable bonds is 6. The number of amides is 1. The van der Waals surface area contributed by atoms with Crippen LogP contribution in [-0.2, 0) is 4.79 Å². The van der Waals surface area contributed by atoms with Crippen LogP contribution in [0.4, 0.5) is 0 Å². The number of nitrogens with zero attached hydrogens (tertiary/aromatic N) is 1. The van der Waals surface area contributed by atoms with Gasteiger partial charge in [-0.15, -0.1) is 11.6 Å². The van der Waals surface area contributed by atoms with E-state index in [0.29, 0.717) is 25.3 Å². The van der Waals surface area contributed by atoms with Gasteiger partial charge < -0.3 is 5.32 Å². The molecule has 4 heteroatoms. The summed E-state index contributed by atoms with van der Waals surface area (Å²) in [6.45, 7) is 0.650. The summed E-state index contributed by atoms with van der Waals surface area (Å²) in [5.74, 6) is 0.353. The first kappa shape index (κ1) is 11.2. The largest absolute Gasteiger partial charge is 0.356 e. The number of nitriles is 1. The van der Waals surface area contributed by atoms with Gasteiger partial charge in [0, 0.05) is 25.3 Å². The van der Waals surface area contributed by atoms with Gasteiger partial charge in [0.05, 0.1) is 6.07 Å². The summed E-state index contributed by atoms with van der Waals surface area (Å²) >= 11 is 5.36. The average Bonchev–Trinajstić information content (AvgIpc) is 2.05. The molecule has 0 radical (unpaired) electrons. The van der Waals surface area contributed by atoms with E-state index in [1.165, 1.54) is 0 Å². The maximum Gasteiger partial charge on any atom is 0.221 e. The maximum atomic E-state index is 10.8. The third-order valence-electron chi connectivity index (χ3n) is 1.36. The first-order chi connectivity index (χ1) is 5.81. The lowest BCUT2D eigenvalue weighted by Gasteiger charge is -2.01. The molecule has 12 heavy (non-hydrogen) atoms. The second-order valence-electron chi connectivity index (χ2n) is 2.40. The third-order valence-corrected chi connectivity index (χ3v) is 1.55. The van der Waals surface area contributed by atoms with Crippen LogP contribution in [0.1, 0.15) is 25.7 Å². The van der Waals surface area contributed by atoms with Gasteiger partial charge in [-0.1, -0.05) is 0 Å². The SMILES string of the molecule is N#CCCCCNC(=O)CCCl. The van der Waals surface area contributed by atoms with E-state index in [-0.39, 0.29) is 5.91 Å². The molecular formula is C8H13ClN2O. The van der Waals surface area contributed by atoms with Crippen molar-refractivity contribution in [1.29, 1.82) is 5.26 Å². The van der Waals surface area contributed by atoms with E-state index in [2.05, 4.69) is 5.32 Å². The molecule has 0 aromatic rings. The molecule has 0 saturated heterocycles. The number of hydrogen-bond acceptors (Lipinski definition) is 2. The van der Waals surface area contributed by atoms with Crippen LogP contribution >= 0.6 is 11.6 Å². The monoisotopic (exact) mass is 188 g/mol. The molecule has 0 spiro atoms. The highest BCUT2D eigenvalue weighted by Crippen LogP contribution is 1.92. The van der Waals surface area contributed by atoms with Crippen LogP contribution in [0, 0.1) is 11.3 Å². The molecule has 0 heterocycles. The van der Waals surface area contributed by atoms with Gasteiger partial charge in [0.1, 0.15) is 0 Å². The summed E-state index contributed by atoms with van der Waals surface area (Å²) in [6.07, 6.45) is 2.64. The van der Waals surface area contributed by atoms with Gasteiger partial charge in [0.25, 0.3) is 0 Å². The summed E-state index contributed by atoms with van der Waals surface area (Å²) in [6, 6.07) is 2.05. The highest BCUT2D eigenvalue weighted by Gasteiger charge is 1.97. The van der Waals surface area contributed by atoms with Gasteiger partial charge in [0.15, 0.2) is 0 Å². The summed E-state index contributed by atoms with van der Waals surface area (Å²) < 4.78 is 0. The molecular weight excluding hydrogens is 176 g/mol. The summed E-state index contributed by atoms with van der Waals surface area (Å²) in [7, 11) is 0. The molecule has 0 aliphatic rings. The van der Waals surface area contributed by atoms with Crippen molar-refractivity contribution in [2.45, 2.75) is 25.7 Å². The second kappa shape index (κ2) is 8.35. The Morgan fingerprint density at radius 2 is 2.25 bits per heavy atom. The van der Waals surface area contributed by atoms with Gasteiger partial charge in [0.2, 0.25) is 5.91 Å². The van der Waals surface area contributed by atoms with Crippen molar-refractivity contribution in [3.05, 3.63) is 0 Å². The fraction of sp³-hybridized carbons (Fsp3) is 0.750. The molecule has 3 nitrogen and oxygen atoms in total. The van der Waals surface area contributed by atoms with Crippen molar-refractivity contribution >= 4 is 17.5 Å². The maximum absolute atomic E-state index is 10.8. The summed E-state index contributed by atoms with van der Waals surface area (Å²) in [5, 5.41) is 10.9. The standard InChI is InChI=1S/C8H13ClN2O/c9-5-4-8(12)11-7-3-1-2-6-10/h1-5,7H2,(H,11,12). The molecule has 0 aliphatic carbocycles. The minimum Gasteiger partial charge on any atom is -0.356 e. The second-order valence-corrected chi connectivity index (χ2v) is 2.78. The molecule has 0 bridgehead atoms. The number of nitrogens with one attached hydrogen (secondary N) is 1. The summed E-state index contributed by atoms with van der Waals surface area (Å²) in [5.41, 5.74) is 0. The Bertz CT molecular complexity index is 165. The zero-order valence-corrected chi connectivity index (χ0v) is 7.73. The Hall–Kier alpha value is -0.750. The third kappa shape index (κ3) is 7.36. The lowest BCUT2D eigenvalue weighted by molar-refractivity contribution is -0.120. The van der Waals surface area contributed by atoms with Crippen molar-refractivity contribution in [2.24, 2.45) is 0 Å². The van der Waals surface area contributed by atoms with Crippen molar-refractivity contribution in [1.82, 2.24) is 5.32 Å². The van der Waals surface area contributed by atoms with Crippen molar-refractivity contribution in [3.8, 4) is 6.07 Å². The lowest BCUT2D eigenvalue weighted by Crippen LogP contribution is -2.24. The Morgan fingerprint density at radius 3 is 2.83 bits per heavy atom. The average molecular weight is 189 g/mol. The van der Waals surface area contributed by atoms with Crippen LogP contribution in [0.3, 0.4) is 0 Å². The number of unbranched alkanes of at least 4 members (excludes halogenated alkanes) is 2. The molecule has 0 fully saturated rings. The molecule has 1 N–H and O–H groups in total. The van der Waals surface area contributed by atoms with E-state index in [4.69, 9.17) is 16.9 Å². The topological polar surface area (TPSA) is 52.9 Å². The van der Waals surface area contributed by atoms with E-state index >= 15 is 0 Å². The van der Waals surface area contributed by atoms with Crippen LogP contribution in [0.2, 0.25) is 0 Å². The number of halogens is 1. The number of alkyl halides is 1. The van der Waals surface area contributed by atoms with Gasteiger partial charge in [-0.05, 0) is 12.8 Å². The molecule has 1 amide bonds. The van der Waals surface area contributed by atoms with Gasteiger partial charge >= 0.3 is 0 Å². The van der Waals surface area contributed by atoms with E-state index in [1.54, 1.807) is 0 Å². The Morgan fingerprint density at radius 1 is 1.50 bits per heavy atom. The normalized spacial score (nSPS) is 9.00. The minimum absolute atomic E-state index is 0.0121. The molecule has 0 aliphatic heterocycles. The van der Waals surface area contributed by atoms with E-state index < -0.39 is 0 Å². The highest BCUT2D eigenvalue weighted by molar-refractivity contribution is 6.18. The van der Waals surface area contributed by atoms with Gasteiger partial charge in [-0.25, -0.2) is 0 Å². The smallest absolute Gasteiger partial charge is 0.221 e. The van der Waals surface area contributed by atoms with Crippen LogP contribution in [0.25, 0.3) is 0 Å². The number of carbonyl (C=O) groups is 1. The van der Waals surface area contributed by atoms with E-state index in [0.717, 1.165) is 12.8 Å². The van der Waals surface area contributed by atoms with E-state index in [1.807, 2.05) is 6.07 Å². The van der Waals surface area contributed by atoms with Crippen LogP contribution in [0.15, 0.2) is 0 Å². The zero-order valence-electron chi connectivity index (χ0n) is 6.98. The lowest BCUT2D eigenvalue weighted by atomic mass is 10.2. The van der Waals surface area contributed by atoms with Gasteiger partial charge in [-0.3, -0.25) is 4.79 Å². The molecule has 68 valence electrons. The van der Waals surface area contributed by atoms with Crippen molar-refractivity contribution in [2.75, 3.05) is 12.4 Å².